The van der Waals surface area contributed by atoms with Gasteiger partial charge in [0.1, 0.15) is 11.4 Å². The maximum absolute atomic E-state index is 12.8. The predicted molar refractivity (Wildman–Crippen MR) is 81.3 cm³/mol. The molecule has 0 fully saturated rings. The lowest BCUT2D eigenvalue weighted by Crippen LogP contribution is -2.20. The molecule has 0 aliphatic rings. The van der Waals surface area contributed by atoms with Crippen LogP contribution in [-0.2, 0) is 9.84 Å². The minimum absolute atomic E-state index is 0.0571. The molecule has 0 saturated carbocycles. The molecule has 0 aliphatic carbocycles. The van der Waals surface area contributed by atoms with Crippen LogP contribution in [0.3, 0.4) is 0 Å². The molecule has 2 aromatic heterocycles. The van der Waals surface area contributed by atoms with Gasteiger partial charge in [-0.25, -0.2) is 17.2 Å². The van der Waals surface area contributed by atoms with E-state index in [9.17, 15) is 17.2 Å². The standard InChI is InChI=1S/C15H16F2N2O3S/c1-3-23(20,21)13-5-4-8-18-14(13)12-7-6-11(9-19-12)22-10-15(2,16)17/h4-9H,3,10H2,1-2H3. The highest BCUT2D eigenvalue weighted by molar-refractivity contribution is 7.91. The van der Waals surface area contributed by atoms with Crippen LogP contribution in [0.5, 0.6) is 5.75 Å². The summed E-state index contributed by atoms with van der Waals surface area (Å²) in [5.74, 6) is -2.83. The number of hydrogen-bond donors (Lipinski definition) is 0. The Morgan fingerprint density at radius 3 is 2.52 bits per heavy atom. The van der Waals surface area contributed by atoms with Gasteiger partial charge in [0.15, 0.2) is 16.4 Å². The molecule has 0 aliphatic heterocycles. The lowest BCUT2D eigenvalue weighted by atomic mass is 10.2. The molecule has 0 spiro atoms. The van der Waals surface area contributed by atoms with Crippen molar-refractivity contribution >= 4 is 9.84 Å². The third kappa shape index (κ3) is 4.44. The van der Waals surface area contributed by atoms with Crippen molar-refractivity contribution in [1.29, 1.82) is 0 Å². The Kier molecular flexibility index (Phi) is 4.93. The number of pyridine rings is 2. The molecule has 124 valence electrons. The van der Waals surface area contributed by atoms with Gasteiger partial charge in [0.25, 0.3) is 5.92 Å². The Morgan fingerprint density at radius 1 is 1.22 bits per heavy atom. The van der Waals surface area contributed by atoms with Crippen molar-refractivity contribution in [2.24, 2.45) is 0 Å². The third-order valence-corrected chi connectivity index (χ3v) is 4.72. The average molecular weight is 342 g/mol. The summed E-state index contributed by atoms with van der Waals surface area (Å²) in [4.78, 5) is 8.22. The van der Waals surface area contributed by atoms with Crippen LogP contribution in [0.15, 0.2) is 41.6 Å². The minimum Gasteiger partial charge on any atom is -0.486 e. The molecule has 5 nitrogen and oxygen atoms in total. The van der Waals surface area contributed by atoms with Crippen LogP contribution in [0, 0.1) is 0 Å². The van der Waals surface area contributed by atoms with Gasteiger partial charge >= 0.3 is 0 Å². The van der Waals surface area contributed by atoms with Gasteiger partial charge in [0.05, 0.1) is 22.5 Å². The van der Waals surface area contributed by atoms with E-state index in [0.717, 1.165) is 6.92 Å². The molecule has 0 N–H and O–H groups in total. The molecule has 0 aromatic carbocycles. The van der Waals surface area contributed by atoms with Crippen molar-refractivity contribution in [3.8, 4) is 17.1 Å². The Hall–Kier alpha value is -2.09. The number of aromatic nitrogens is 2. The Bertz CT molecular complexity index is 772. The third-order valence-electron chi connectivity index (χ3n) is 2.96. The van der Waals surface area contributed by atoms with Crippen molar-refractivity contribution in [2.75, 3.05) is 12.4 Å². The van der Waals surface area contributed by atoms with Gasteiger partial charge in [0, 0.05) is 13.1 Å². The SMILES string of the molecule is CCS(=O)(=O)c1cccnc1-c1ccc(OCC(C)(F)F)cn1. The molecule has 8 heteroatoms. The normalized spacial score (nSPS) is 12.2. The average Bonchev–Trinajstić information content (AvgIpc) is 2.53. The number of halogens is 2. The van der Waals surface area contributed by atoms with Crippen LogP contribution in [0.4, 0.5) is 8.78 Å². The second-order valence-corrected chi connectivity index (χ2v) is 7.24. The van der Waals surface area contributed by atoms with Crippen LogP contribution in [0.1, 0.15) is 13.8 Å². The largest absolute Gasteiger partial charge is 0.486 e. The van der Waals surface area contributed by atoms with E-state index < -0.39 is 22.4 Å². The number of ether oxygens (including phenoxy) is 1. The fourth-order valence-electron chi connectivity index (χ4n) is 1.81. The van der Waals surface area contributed by atoms with Crippen molar-refractivity contribution in [2.45, 2.75) is 24.7 Å². The van der Waals surface area contributed by atoms with Gasteiger partial charge in [-0.3, -0.25) is 9.97 Å². The van der Waals surface area contributed by atoms with Crippen molar-refractivity contribution in [1.82, 2.24) is 9.97 Å². The number of sulfone groups is 1. The smallest absolute Gasteiger partial charge is 0.278 e. The van der Waals surface area contributed by atoms with Gasteiger partial charge in [-0.05, 0) is 24.3 Å². The summed E-state index contributed by atoms with van der Waals surface area (Å²) < 4.78 is 54.6. The van der Waals surface area contributed by atoms with Crippen molar-refractivity contribution < 1.29 is 21.9 Å². The van der Waals surface area contributed by atoms with E-state index >= 15 is 0 Å². The Labute approximate surface area is 133 Å². The minimum atomic E-state index is -3.45. The van der Waals surface area contributed by atoms with Gasteiger partial charge in [-0.15, -0.1) is 0 Å². The highest BCUT2D eigenvalue weighted by Crippen LogP contribution is 2.25. The molecular weight excluding hydrogens is 326 g/mol. The van der Waals surface area contributed by atoms with Gasteiger partial charge in [0.2, 0.25) is 0 Å². The highest BCUT2D eigenvalue weighted by Gasteiger charge is 2.22. The van der Waals surface area contributed by atoms with E-state index in [2.05, 4.69) is 9.97 Å². The number of rotatable bonds is 6. The summed E-state index contributed by atoms with van der Waals surface area (Å²) >= 11 is 0. The fourth-order valence-corrected chi connectivity index (χ4v) is 2.85. The van der Waals surface area contributed by atoms with Crippen LogP contribution in [0.25, 0.3) is 11.4 Å². The molecule has 0 amide bonds. The zero-order chi connectivity index (χ0) is 17.1. The monoisotopic (exact) mass is 342 g/mol. The molecule has 0 atom stereocenters. The molecule has 0 saturated heterocycles. The van der Waals surface area contributed by atoms with Crippen LogP contribution in [-0.4, -0.2) is 36.7 Å². The quantitative estimate of drug-likeness (QED) is 0.807. The number of hydrogen-bond acceptors (Lipinski definition) is 5. The first kappa shape index (κ1) is 17.3. The molecule has 0 unspecified atom stereocenters. The lowest BCUT2D eigenvalue weighted by Gasteiger charge is -2.12. The van der Waals surface area contributed by atoms with Gasteiger partial charge < -0.3 is 4.74 Å². The van der Waals surface area contributed by atoms with E-state index in [0.29, 0.717) is 5.69 Å². The second kappa shape index (κ2) is 6.57. The lowest BCUT2D eigenvalue weighted by molar-refractivity contribution is -0.0230. The summed E-state index contributed by atoms with van der Waals surface area (Å²) in [5, 5.41) is 0. The molecule has 2 rings (SSSR count). The summed E-state index contributed by atoms with van der Waals surface area (Å²) in [5.41, 5.74) is 0.551. The van der Waals surface area contributed by atoms with Crippen LogP contribution >= 0.6 is 0 Å². The Morgan fingerprint density at radius 2 is 1.96 bits per heavy atom. The highest BCUT2D eigenvalue weighted by atomic mass is 32.2. The summed E-state index contributed by atoms with van der Waals surface area (Å²) in [6.07, 6.45) is 2.73. The fraction of sp³-hybridized carbons (Fsp3) is 0.333. The van der Waals surface area contributed by atoms with E-state index in [4.69, 9.17) is 4.74 Å². The van der Waals surface area contributed by atoms with E-state index in [1.54, 1.807) is 6.92 Å². The first-order valence-corrected chi connectivity index (χ1v) is 8.53. The maximum atomic E-state index is 12.8. The molecule has 0 bridgehead atoms. The summed E-state index contributed by atoms with van der Waals surface area (Å²) in [6, 6.07) is 5.93. The summed E-state index contributed by atoms with van der Waals surface area (Å²) in [7, 11) is -3.45. The first-order valence-electron chi connectivity index (χ1n) is 6.88. The summed E-state index contributed by atoms with van der Waals surface area (Å²) in [6.45, 7) is 1.54. The topological polar surface area (TPSA) is 69.2 Å². The second-order valence-electron chi connectivity index (χ2n) is 4.99. The van der Waals surface area contributed by atoms with E-state index in [-0.39, 0.29) is 22.1 Å². The van der Waals surface area contributed by atoms with Crippen LogP contribution < -0.4 is 4.74 Å². The first-order chi connectivity index (χ1) is 10.7. The zero-order valence-corrected chi connectivity index (χ0v) is 13.5. The van der Waals surface area contributed by atoms with Gasteiger partial charge in [-0.2, -0.15) is 0 Å². The Balaban J connectivity index is 2.31. The van der Waals surface area contributed by atoms with Crippen LogP contribution in [0.2, 0.25) is 0 Å². The van der Waals surface area contributed by atoms with Gasteiger partial charge in [-0.1, -0.05) is 6.92 Å². The molecular formula is C15H16F2N2O3S. The zero-order valence-electron chi connectivity index (χ0n) is 12.7. The van der Waals surface area contributed by atoms with E-state index in [1.807, 2.05) is 0 Å². The molecule has 2 aromatic rings. The number of nitrogens with zero attached hydrogens (tertiary/aromatic N) is 2. The van der Waals surface area contributed by atoms with Crippen molar-refractivity contribution in [3.63, 3.8) is 0 Å². The molecule has 23 heavy (non-hydrogen) atoms. The number of alkyl halides is 2. The van der Waals surface area contributed by atoms with E-state index in [1.165, 1.54) is 36.7 Å². The van der Waals surface area contributed by atoms with Crippen molar-refractivity contribution in [3.05, 3.63) is 36.7 Å². The maximum Gasteiger partial charge on any atom is 0.278 e. The molecule has 2 heterocycles. The molecule has 0 radical (unpaired) electrons. The predicted octanol–water partition coefficient (Wildman–Crippen LogP) is 2.97.